The molecule has 0 spiro atoms. The number of piperidine rings is 1. The summed E-state index contributed by atoms with van der Waals surface area (Å²) < 4.78 is 0. The van der Waals surface area contributed by atoms with Gasteiger partial charge in [0.1, 0.15) is 0 Å². The zero-order valence-electron chi connectivity index (χ0n) is 15.0. The number of likely N-dealkylation sites (tertiary alicyclic amines) is 1. The lowest BCUT2D eigenvalue weighted by molar-refractivity contribution is -0.118. The first-order valence-electron chi connectivity index (χ1n) is 8.49. The summed E-state index contributed by atoms with van der Waals surface area (Å²) in [6.45, 7) is 7.64. The fourth-order valence-corrected chi connectivity index (χ4v) is 3.31. The first-order chi connectivity index (χ1) is 11.8. The molecular formula is C18H26N4O3. The van der Waals surface area contributed by atoms with Crippen LogP contribution in [0.2, 0.25) is 0 Å². The van der Waals surface area contributed by atoms with Crippen molar-refractivity contribution in [3.8, 4) is 0 Å². The van der Waals surface area contributed by atoms with Gasteiger partial charge in [0.2, 0.25) is 5.91 Å². The molecule has 1 aromatic carbocycles. The van der Waals surface area contributed by atoms with Gasteiger partial charge in [-0.25, -0.2) is 4.79 Å². The van der Waals surface area contributed by atoms with Crippen LogP contribution in [0, 0.1) is 18.8 Å². The number of nitrogens with zero attached hydrogens (tertiary/aromatic N) is 1. The predicted molar refractivity (Wildman–Crippen MR) is 96.2 cm³/mol. The highest BCUT2D eigenvalue weighted by Crippen LogP contribution is 2.24. The molecule has 0 aromatic heterocycles. The normalized spacial score (nSPS) is 20.0. The number of rotatable bonds is 4. The van der Waals surface area contributed by atoms with E-state index in [2.05, 4.69) is 19.2 Å². The van der Waals surface area contributed by atoms with E-state index in [4.69, 9.17) is 5.73 Å². The molecule has 7 nitrogen and oxygen atoms in total. The molecule has 1 saturated heterocycles. The van der Waals surface area contributed by atoms with Gasteiger partial charge in [-0.3, -0.25) is 14.9 Å². The second-order valence-electron chi connectivity index (χ2n) is 6.95. The molecule has 1 aliphatic rings. The minimum atomic E-state index is -0.888. The monoisotopic (exact) mass is 346 g/mol. The number of primary amides is 1. The summed E-state index contributed by atoms with van der Waals surface area (Å²) in [4.78, 5) is 36.9. The van der Waals surface area contributed by atoms with E-state index in [1.807, 2.05) is 23.2 Å². The zero-order chi connectivity index (χ0) is 18.6. The zero-order valence-corrected chi connectivity index (χ0v) is 15.0. The van der Waals surface area contributed by atoms with Crippen LogP contribution in [0.4, 0.5) is 10.5 Å². The van der Waals surface area contributed by atoms with Crippen molar-refractivity contribution in [1.82, 2.24) is 10.2 Å². The van der Waals surface area contributed by atoms with E-state index >= 15 is 0 Å². The Morgan fingerprint density at radius 2 is 1.84 bits per heavy atom. The number of amides is 4. The van der Waals surface area contributed by atoms with Gasteiger partial charge >= 0.3 is 6.03 Å². The molecule has 4 N–H and O–H groups in total. The number of nitrogens with two attached hydrogens (primary N) is 1. The standard InChI is InChI=1S/C18H26N4O3/c1-11-6-12(2)10-22(9-11)17(24)14-5-4-13(3)15(7-14)20-8-16(23)21-18(19)25/h4-5,7,11-12,20H,6,8-10H2,1-3H3,(H3,19,21,23,25)/t11-,12+. The molecule has 2 atom stereocenters. The van der Waals surface area contributed by atoms with Gasteiger partial charge in [-0.15, -0.1) is 0 Å². The van der Waals surface area contributed by atoms with Crippen molar-refractivity contribution in [2.24, 2.45) is 17.6 Å². The average Bonchev–Trinajstić information content (AvgIpc) is 2.52. The SMILES string of the molecule is Cc1ccc(C(=O)N2C[C@H](C)C[C@H](C)C2)cc1NCC(=O)NC(N)=O. The van der Waals surface area contributed by atoms with Crippen LogP contribution in [0.25, 0.3) is 0 Å². The smallest absolute Gasteiger partial charge is 0.318 e. The van der Waals surface area contributed by atoms with Gasteiger partial charge in [0.05, 0.1) is 6.54 Å². The third-order valence-electron chi connectivity index (χ3n) is 4.34. The first kappa shape index (κ1) is 18.8. The third-order valence-corrected chi connectivity index (χ3v) is 4.34. The number of imide groups is 1. The molecule has 4 amide bonds. The van der Waals surface area contributed by atoms with Crippen LogP contribution in [-0.4, -0.2) is 42.4 Å². The summed E-state index contributed by atoms with van der Waals surface area (Å²) >= 11 is 0. The molecule has 0 aliphatic carbocycles. The summed E-state index contributed by atoms with van der Waals surface area (Å²) in [5.74, 6) is 0.465. The molecule has 1 fully saturated rings. The highest BCUT2D eigenvalue weighted by atomic mass is 16.2. The second-order valence-corrected chi connectivity index (χ2v) is 6.95. The lowest BCUT2D eigenvalue weighted by atomic mass is 9.91. The largest absolute Gasteiger partial charge is 0.376 e. The second kappa shape index (κ2) is 8.00. The highest BCUT2D eigenvalue weighted by Gasteiger charge is 2.26. The van der Waals surface area contributed by atoms with Gasteiger partial charge in [0.15, 0.2) is 0 Å². The Kier molecular flexibility index (Phi) is 6.01. The Morgan fingerprint density at radius 1 is 1.20 bits per heavy atom. The number of urea groups is 1. The molecule has 0 bridgehead atoms. The molecular weight excluding hydrogens is 320 g/mol. The number of benzene rings is 1. The van der Waals surface area contributed by atoms with Crippen LogP contribution >= 0.6 is 0 Å². The number of hydrogen-bond acceptors (Lipinski definition) is 4. The lowest BCUT2D eigenvalue weighted by Crippen LogP contribution is -2.42. The molecule has 1 heterocycles. The molecule has 0 saturated carbocycles. The topological polar surface area (TPSA) is 105 Å². The number of nitrogens with one attached hydrogen (secondary N) is 2. The Bertz CT molecular complexity index is 664. The molecule has 0 unspecified atom stereocenters. The Labute approximate surface area is 147 Å². The summed E-state index contributed by atoms with van der Waals surface area (Å²) in [5, 5.41) is 4.94. The molecule has 1 aliphatic heterocycles. The maximum absolute atomic E-state index is 12.8. The van der Waals surface area contributed by atoms with Gasteiger partial charge < -0.3 is 16.0 Å². The number of aryl methyl sites for hydroxylation is 1. The van der Waals surface area contributed by atoms with E-state index in [1.54, 1.807) is 12.1 Å². The van der Waals surface area contributed by atoms with E-state index in [1.165, 1.54) is 0 Å². The summed E-state index contributed by atoms with van der Waals surface area (Å²) in [6, 6.07) is 4.51. The molecule has 136 valence electrons. The van der Waals surface area contributed by atoms with Crippen molar-refractivity contribution in [2.45, 2.75) is 27.2 Å². The summed E-state index contributed by atoms with van der Waals surface area (Å²) in [6.07, 6.45) is 1.14. The van der Waals surface area contributed by atoms with Crippen molar-refractivity contribution in [1.29, 1.82) is 0 Å². The Morgan fingerprint density at radius 3 is 2.44 bits per heavy atom. The Hall–Kier alpha value is -2.57. The maximum Gasteiger partial charge on any atom is 0.318 e. The number of hydrogen-bond donors (Lipinski definition) is 3. The molecule has 7 heteroatoms. The van der Waals surface area contributed by atoms with E-state index in [0.717, 1.165) is 25.1 Å². The van der Waals surface area contributed by atoms with Crippen molar-refractivity contribution >= 4 is 23.5 Å². The molecule has 2 rings (SSSR count). The lowest BCUT2D eigenvalue weighted by Gasteiger charge is -2.35. The van der Waals surface area contributed by atoms with Crippen LogP contribution in [0.15, 0.2) is 18.2 Å². The summed E-state index contributed by atoms with van der Waals surface area (Å²) in [5.41, 5.74) is 7.09. The van der Waals surface area contributed by atoms with E-state index < -0.39 is 11.9 Å². The van der Waals surface area contributed by atoms with E-state index in [-0.39, 0.29) is 12.5 Å². The average molecular weight is 346 g/mol. The van der Waals surface area contributed by atoms with Gasteiger partial charge in [0, 0.05) is 24.3 Å². The van der Waals surface area contributed by atoms with Crippen LogP contribution in [0.3, 0.4) is 0 Å². The van der Waals surface area contributed by atoms with E-state index in [9.17, 15) is 14.4 Å². The van der Waals surface area contributed by atoms with Crippen molar-refractivity contribution in [2.75, 3.05) is 25.0 Å². The third kappa shape index (κ3) is 5.20. The van der Waals surface area contributed by atoms with Crippen LogP contribution in [0.5, 0.6) is 0 Å². The maximum atomic E-state index is 12.8. The molecule has 1 aromatic rings. The van der Waals surface area contributed by atoms with Gasteiger partial charge in [-0.1, -0.05) is 19.9 Å². The van der Waals surface area contributed by atoms with Crippen molar-refractivity contribution in [3.05, 3.63) is 29.3 Å². The minimum absolute atomic E-state index is 0.00281. The fourth-order valence-electron chi connectivity index (χ4n) is 3.31. The quantitative estimate of drug-likeness (QED) is 0.772. The predicted octanol–water partition coefficient (Wildman–Crippen LogP) is 1.72. The summed E-state index contributed by atoms with van der Waals surface area (Å²) in [7, 11) is 0. The van der Waals surface area contributed by atoms with Crippen LogP contribution in [0.1, 0.15) is 36.2 Å². The van der Waals surface area contributed by atoms with Crippen molar-refractivity contribution < 1.29 is 14.4 Å². The number of carbonyl (C=O) groups excluding carboxylic acids is 3. The van der Waals surface area contributed by atoms with Crippen LogP contribution < -0.4 is 16.4 Å². The minimum Gasteiger partial charge on any atom is -0.376 e. The van der Waals surface area contributed by atoms with Crippen LogP contribution in [-0.2, 0) is 4.79 Å². The Balaban J connectivity index is 2.08. The van der Waals surface area contributed by atoms with Crippen molar-refractivity contribution in [3.63, 3.8) is 0 Å². The van der Waals surface area contributed by atoms with Gasteiger partial charge in [0.25, 0.3) is 5.91 Å². The highest BCUT2D eigenvalue weighted by molar-refractivity contribution is 5.97. The number of anilines is 1. The molecule has 0 radical (unpaired) electrons. The first-order valence-corrected chi connectivity index (χ1v) is 8.49. The van der Waals surface area contributed by atoms with E-state index in [0.29, 0.717) is 23.1 Å². The fraction of sp³-hybridized carbons (Fsp3) is 0.500. The van der Waals surface area contributed by atoms with Gasteiger partial charge in [-0.05, 0) is 42.9 Å². The number of carbonyl (C=O) groups is 3. The van der Waals surface area contributed by atoms with Gasteiger partial charge in [-0.2, -0.15) is 0 Å². The molecule has 25 heavy (non-hydrogen) atoms.